The van der Waals surface area contributed by atoms with Crippen LogP contribution in [0.1, 0.15) is 44.1 Å². The summed E-state index contributed by atoms with van der Waals surface area (Å²) in [5, 5.41) is 6.30. The lowest BCUT2D eigenvalue weighted by Gasteiger charge is -2.40. The molecule has 0 bridgehead atoms. The summed E-state index contributed by atoms with van der Waals surface area (Å²) in [7, 11) is 2.16. The summed E-state index contributed by atoms with van der Waals surface area (Å²) in [4.78, 5) is 34.5. The molecule has 1 saturated heterocycles. The van der Waals surface area contributed by atoms with Gasteiger partial charge in [0, 0.05) is 43.6 Å². The lowest BCUT2D eigenvalue weighted by molar-refractivity contribution is -0.118. The Bertz CT molecular complexity index is 1170. The van der Waals surface area contributed by atoms with Gasteiger partial charge in [-0.15, -0.1) is 0 Å². The number of carbonyl (C=O) groups excluding carboxylic acids is 1. The van der Waals surface area contributed by atoms with Gasteiger partial charge in [-0.1, -0.05) is 19.3 Å². The molecule has 1 spiro atoms. The van der Waals surface area contributed by atoms with E-state index in [1.54, 1.807) is 6.20 Å². The van der Waals surface area contributed by atoms with Crippen molar-refractivity contribution in [1.29, 1.82) is 0 Å². The predicted molar refractivity (Wildman–Crippen MR) is 129 cm³/mol. The number of anilines is 4. The molecule has 9 heteroatoms. The molecule has 33 heavy (non-hydrogen) atoms. The van der Waals surface area contributed by atoms with E-state index in [4.69, 9.17) is 4.98 Å². The number of H-pyrrole nitrogens is 1. The first-order valence-electron chi connectivity index (χ1n) is 12.0. The third-order valence-electron chi connectivity index (χ3n) is 7.50. The van der Waals surface area contributed by atoms with Gasteiger partial charge in [0.05, 0.1) is 29.1 Å². The second-order valence-electron chi connectivity index (χ2n) is 9.71. The van der Waals surface area contributed by atoms with Gasteiger partial charge in [0.25, 0.3) is 0 Å². The number of amides is 1. The van der Waals surface area contributed by atoms with Crippen molar-refractivity contribution in [2.24, 2.45) is 0 Å². The van der Waals surface area contributed by atoms with Gasteiger partial charge in [-0.05, 0) is 32.0 Å². The van der Waals surface area contributed by atoms with Gasteiger partial charge in [0.1, 0.15) is 11.6 Å². The summed E-state index contributed by atoms with van der Waals surface area (Å²) in [5.74, 6) is 2.13. The fourth-order valence-electron chi connectivity index (χ4n) is 5.71. The van der Waals surface area contributed by atoms with Crippen molar-refractivity contribution in [1.82, 2.24) is 24.8 Å². The third kappa shape index (κ3) is 3.70. The maximum absolute atomic E-state index is 12.4. The molecule has 6 rings (SSSR count). The number of hydrogen-bond acceptors (Lipinski definition) is 7. The molecular weight excluding hydrogens is 416 g/mol. The lowest BCUT2D eigenvalue weighted by Crippen LogP contribution is -2.44. The Kier molecular flexibility index (Phi) is 4.94. The molecule has 9 nitrogen and oxygen atoms in total. The molecule has 0 atom stereocenters. The quantitative estimate of drug-likeness (QED) is 0.567. The van der Waals surface area contributed by atoms with E-state index in [-0.39, 0.29) is 11.3 Å². The first-order chi connectivity index (χ1) is 16.1. The van der Waals surface area contributed by atoms with E-state index < -0.39 is 0 Å². The average molecular weight is 447 g/mol. The Morgan fingerprint density at radius 3 is 2.61 bits per heavy atom. The molecule has 0 unspecified atom stereocenters. The summed E-state index contributed by atoms with van der Waals surface area (Å²) in [6.07, 6.45) is 9.85. The molecule has 3 aliphatic rings. The van der Waals surface area contributed by atoms with Crippen LogP contribution in [-0.2, 0) is 10.2 Å². The average Bonchev–Trinajstić information content (AvgIpc) is 3.19. The zero-order valence-electron chi connectivity index (χ0n) is 19.0. The van der Waals surface area contributed by atoms with Crippen LogP contribution < -0.4 is 15.5 Å². The highest BCUT2D eigenvalue weighted by Gasteiger charge is 2.43. The van der Waals surface area contributed by atoms with E-state index in [1.807, 2.05) is 12.3 Å². The number of aromatic nitrogens is 4. The zero-order valence-corrected chi connectivity index (χ0v) is 19.0. The number of piperazine rings is 1. The molecule has 3 N–H and O–H groups in total. The number of likely N-dealkylation sites (N-methyl/N-ethyl adjacent to an activating group) is 1. The van der Waals surface area contributed by atoms with Crippen LogP contribution in [0.5, 0.6) is 0 Å². The fourth-order valence-corrected chi connectivity index (χ4v) is 5.71. The predicted octanol–water partition coefficient (Wildman–Crippen LogP) is 3.39. The summed E-state index contributed by atoms with van der Waals surface area (Å²) >= 11 is 0. The van der Waals surface area contributed by atoms with Crippen LogP contribution in [-0.4, -0.2) is 64.0 Å². The number of carbonyl (C=O) groups is 1. The van der Waals surface area contributed by atoms with Crippen LogP contribution in [0.2, 0.25) is 0 Å². The van der Waals surface area contributed by atoms with Gasteiger partial charge < -0.3 is 25.4 Å². The summed E-state index contributed by atoms with van der Waals surface area (Å²) in [6.45, 7) is 4.16. The van der Waals surface area contributed by atoms with Crippen molar-refractivity contribution in [3.05, 3.63) is 30.1 Å². The maximum atomic E-state index is 12.4. The molecule has 0 aromatic carbocycles. The van der Waals surface area contributed by atoms with Gasteiger partial charge >= 0.3 is 0 Å². The highest BCUT2D eigenvalue weighted by atomic mass is 16.1. The Morgan fingerprint density at radius 1 is 1.03 bits per heavy atom. The van der Waals surface area contributed by atoms with Crippen molar-refractivity contribution in [2.75, 3.05) is 48.8 Å². The molecule has 3 aromatic rings. The van der Waals surface area contributed by atoms with E-state index in [2.05, 4.69) is 48.5 Å². The number of rotatable bonds is 3. The van der Waals surface area contributed by atoms with Gasteiger partial charge in [-0.2, -0.15) is 0 Å². The second kappa shape index (κ2) is 7.98. The van der Waals surface area contributed by atoms with E-state index >= 15 is 0 Å². The van der Waals surface area contributed by atoms with Crippen molar-refractivity contribution >= 4 is 40.2 Å². The minimum Gasteiger partial charge on any atom is -0.368 e. The Labute approximate surface area is 193 Å². The molecule has 172 valence electrons. The second-order valence-corrected chi connectivity index (χ2v) is 9.71. The number of nitrogens with one attached hydrogen (secondary N) is 3. The number of hydrogen-bond donors (Lipinski definition) is 3. The molecular formula is C24H30N8O. The zero-order chi connectivity index (χ0) is 22.4. The fraction of sp³-hybridized carbons (Fsp3) is 0.500. The number of fused-ring (bicyclic) bond motifs is 4. The number of pyridine rings is 1. The van der Waals surface area contributed by atoms with Crippen LogP contribution in [0.15, 0.2) is 24.5 Å². The normalized spacial score (nSPS) is 20.6. The van der Waals surface area contributed by atoms with Gasteiger partial charge in [0.15, 0.2) is 0 Å². The Morgan fingerprint density at radius 2 is 1.85 bits per heavy atom. The summed E-state index contributed by atoms with van der Waals surface area (Å²) < 4.78 is 0. The van der Waals surface area contributed by atoms with E-state index in [0.29, 0.717) is 12.4 Å². The Balaban J connectivity index is 1.28. The minimum absolute atomic E-state index is 0.0897. The largest absolute Gasteiger partial charge is 0.368 e. The molecule has 5 heterocycles. The van der Waals surface area contributed by atoms with Crippen LogP contribution in [0, 0.1) is 0 Å². The molecule has 2 aliphatic heterocycles. The lowest BCUT2D eigenvalue weighted by atomic mass is 9.66. The molecule has 1 amide bonds. The molecule has 1 aliphatic carbocycles. The van der Waals surface area contributed by atoms with Crippen LogP contribution >= 0.6 is 0 Å². The smallest absolute Gasteiger partial charge is 0.229 e. The first-order valence-corrected chi connectivity index (χ1v) is 12.0. The van der Waals surface area contributed by atoms with E-state index in [0.717, 1.165) is 85.8 Å². The molecule has 2 fully saturated rings. The van der Waals surface area contributed by atoms with Crippen molar-refractivity contribution in [3.63, 3.8) is 0 Å². The van der Waals surface area contributed by atoms with Crippen LogP contribution in [0.25, 0.3) is 11.0 Å². The highest BCUT2D eigenvalue weighted by molar-refractivity contribution is 6.00. The van der Waals surface area contributed by atoms with Gasteiger partial charge in [0.2, 0.25) is 11.9 Å². The standard InChI is InChI=1S/C24H30N8O/c1-31-9-11-32(12-10-31)16-5-6-18(25-14-16)28-23-26-15-17-21(30-23)20-22(27-17)29-19(33)13-24(20)7-3-2-4-8-24/h5-6,14-15,27H,2-4,7-13H2,1H3,(H,29,33)(H,25,26,28,30). The van der Waals surface area contributed by atoms with Crippen molar-refractivity contribution in [3.8, 4) is 0 Å². The third-order valence-corrected chi connectivity index (χ3v) is 7.50. The molecule has 3 aromatic heterocycles. The monoisotopic (exact) mass is 446 g/mol. The van der Waals surface area contributed by atoms with E-state index in [1.165, 1.54) is 6.42 Å². The SMILES string of the molecule is CN1CCN(c2ccc(Nc3ncc4[nH]c5c(c4n3)C3(CCCCC3)CC(=O)N5)nc2)CC1. The summed E-state index contributed by atoms with van der Waals surface area (Å²) in [5.41, 5.74) is 3.93. The minimum atomic E-state index is -0.123. The van der Waals surface area contributed by atoms with Crippen molar-refractivity contribution in [2.45, 2.75) is 43.9 Å². The van der Waals surface area contributed by atoms with Crippen LogP contribution in [0.3, 0.4) is 0 Å². The Hall–Kier alpha value is -3.20. The maximum Gasteiger partial charge on any atom is 0.229 e. The first kappa shape index (κ1) is 20.4. The van der Waals surface area contributed by atoms with E-state index in [9.17, 15) is 4.79 Å². The van der Waals surface area contributed by atoms with Crippen LogP contribution in [0.4, 0.5) is 23.3 Å². The highest BCUT2D eigenvalue weighted by Crippen LogP contribution is 2.49. The van der Waals surface area contributed by atoms with Gasteiger partial charge in [-0.3, -0.25) is 4.79 Å². The van der Waals surface area contributed by atoms with Gasteiger partial charge in [-0.25, -0.2) is 15.0 Å². The number of aromatic amines is 1. The summed E-state index contributed by atoms with van der Waals surface area (Å²) in [6, 6.07) is 4.08. The number of nitrogens with zero attached hydrogens (tertiary/aromatic N) is 5. The topological polar surface area (TPSA) is 102 Å². The molecule has 0 radical (unpaired) electrons. The van der Waals surface area contributed by atoms with Crippen molar-refractivity contribution < 1.29 is 4.79 Å². The molecule has 1 saturated carbocycles.